The molecule has 0 spiro atoms. The Morgan fingerprint density at radius 2 is 2.09 bits per heavy atom. The number of carbonyl (C=O) groups excluding carboxylic acids is 1. The molecule has 0 rings (SSSR count). The van der Waals surface area contributed by atoms with Crippen molar-refractivity contribution in [3.63, 3.8) is 0 Å². The third kappa shape index (κ3) is 7.10. The van der Waals surface area contributed by atoms with Gasteiger partial charge < -0.3 is 5.32 Å². The van der Waals surface area contributed by atoms with E-state index in [0.717, 1.165) is 25.0 Å². The Labute approximate surface area is 68.7 Å². The van der Waals surface area contributed by atoms with Gasteiger partial charge in [0.1, 0.15) is 0 Å². The van der Waals surface area contributed by atoms with Gasteiger partial charge in [-0.2, -0.15) is 0 Å². The highest BCUT2D eigenvalue weighted by molar-refractivity contribution is 5.75. The second-order valence-corrected chi connectivity index (χ2v) is 2.81. The fourth-order valence-corrected chi connectivity index (χ4v) is 0.731. The molecule has 0 radical (unpaired) electrons. The van der Waals surface area contributed by atoms with E-state index in [-0.39, 0.29) is 5.91 Å². The Morgan fingerprint density at radius 3 is 2.55 bits per heavy atom. The zero-order valence-corrected chi connectivity index (χ0v) is 7.44. The van der Waals surface area contributed by atoms with Crippen LogP contribution in [0.3, 0.4) is 0 Å². The average molecular weight is 155 g/mol. The molecule has 1 N–H and O–H groups in total. The Hall–Kier alpha value is -0.790. The van der Waals surface area contributed by atoms with Crippen LogP contribution in [-0.2, 0) is 4.79 Å². The molecule has 0 aliphatic heterocycles. The predicted molar refractivity (Wildman–Crippen MR) is 47.3 cm³/mol. The number of carbonyl (C=O) groups is 1. The van der Waals surface area contributed by atoms with Crippen LogP contribution in [0.1, 0.15) is 33.1 Å². The van der Waals surface area contributed by atoms with E-state index in [4.69, 9.17) is 0 Å². The van der Waals surface area contributed by atoms with Gasteiger partial charge in [-0.25, -0.2) is 0 Å². The van der Waals surface area contributed by atoms with Gasteiger partial charge in [-0.3, -0.25) is 4.79 Å². The van der Waals surface area contributed by atoms with Crippen molar-refractivity contribution in [3.8, 4) is 0 Å². The Morgan fingerprint density at radius 1 is 1.45 bits per heavy atom. The van der Waals surface area contributed by atoms with Crippen LogP contribution in [0.15, 0.2) is 12.2 Å². The van der Waals surface area contributed by atoms with Gasteiger partial charge in [0, 0.05) is 13.0 Å². The molecule has 0 aliphatic carbocycles. The van der Waals surface area contributed by atoms with Crippen LogP contribution in [-0.4, -0.2) is 12.5 Å². The minimum atomic E-state index is 0.147. The minimum Gasteiger partial charge on any atom is -0.356 e. The molecule has 0 aromatic heterocycles. The summed E-state index contributed by atoms with van der Waals surface area (Å²) in [4.78, 5) is 10.9. The van der Waals surface area contributed by atoms with Gasteiger partial charge in [-0.1, -0.05) is 12.5 Å². The number of amides is 1. The second-order valence-electron chi connectivity index (χ2n) is 2.81. The Kier molecular flexibility index (Phi) is 5.53. The summed E-state index contributed by atoms with van der Waals surface area (Å²) in [5, 5.41) is 2.82. The van der Waals surface area contributed by atoms with Crippen LogP contribution in [0, 0.1) is 0 Å². The molecule has 0 atom stereocenters. The maximum absolute atomic E-state index is 10.9. The topological polar surface area (TPSA) is 29.1 Å². The monoisotopic (exact) mass is 155 g/mol. The first-order valence-electron chi connectivity index (χ1n) is 4.08. The molecule has 0 aliphatic rings. The SMILES string of the molecule is C=C(C)CCNC(=O)CCC. The van der Waals surface area contributed by atoms with Gasteiger partial charge in [0.15, 0.2) is 0 Å². The van der Waals surface area contributed by atoms with Crippen molar-refractivity contribution in [2.24, 2.45) is 0 Å². The highest BCUT2D eigenvalue weighted by atomic mass is 16.1. The normalized spacial score (nSPS) is 9.27. The third-order valence-corrected chi connectivity index (χ3v) is 1.35. The lowest BCUT2D eigenvalue weighted by Crippen LogP contribution is -2.23. The zero-order valence-electron chi connectivity index (χ0n) is 7.44. The predicted octanol–water partition coefficient (Wildman–Crippen LogP) is 1.87. The molecule has 1 amide bonds. The molecule has 0 bridgehead atoms. The molecule has 2 nitrogen and oxygen atoms in total. The van der Waals surface area contributed by atoms with Crippen LogP contribution in [0.25, 0.3) is 0 Å². The fourth-order valence-electron chi connectivity index (χ4n) is 0.731. The first-order chi connectivity index (χ1) is 5.16. The van der Waals surface area contributed by atoms with E-state index in [9.17, 15) is 4.79 Å². The summed E-state index contributed by atoms with van der Waals surface area (Å²) in [6.07, 6.45) is 2.44. The maximum Gasteiger partial charge on any atom is 0.219 e. The zero-order chi connectivity index (χ0) is 8.69. The summed E-state index contributed by atoms with van der Waals surface area (Å²) >= 11 is 0. The van der Waals surface area contributed by atoms with E-state index in [2.05, 4.69) is 11.9 Å². The van der Waals surface area contributed by atoms with E-state index in [1.54, 1.807) is 0 Å². The summed E-state index contributed by atoms with van der Waals surface area (Å²) in [6.45, 7) is 8.44. The van der Waals surface area contributed by atoms with Gasteiger partial charge in [0.05, 0.1) is 0 Å². The summed E-state index contributed by atoms with van der Waals surface area (Å²) in [7, 11) is 0. The molecule has 0 aromatic rings. The lowest BCUT2D eigenvalue weighted by Gasteiger charge is -2.02. The molecule has 0 aromatic carbocycles. The molecular weight excluding hydrogens is 138 g/mol. The van der Waals surface area contributed by atoms with Crippen molar-refractivity contribution >= 4 is 5.91 Å². The summed E-state index contributed by atoms with van der Waals surface area (Å²) in [5.74, 6) is 0.147. The Bertz CT molecular complexity index is 140. The third-order valence-electron chi connectivity index (χ3n) is 1.35. The second kappa shape index (κ2) is 5.96. The Balaban J connectivity index is 3.24. The minimum absolute atomic E-state index is 0.147. The molecule has 64 valence electrons. The molecule has 0 unspecified atom stereocenters. The van der Waals surface area contributed by atoms with Crippen molar-refractivity contribution < 1.29 is 4.79 Å². The van der Waals surface area contributed by atoms with Crippen molar-refractivity contribution in [1.82, 2.24) is 5.32 Å². The lowest BCUT2D eigenvalue weighted by atomic mass is 10.2. The highest BCUT2D eigenvalue weighted by Crippen LogP contribution is 1.92. The van der Waals surface area contributed by atoms with Gasteiger partial charge in [-0.05, 0) is 19.8 Å². The summed E-state index contributed by atoms with van der Waals surface area (Å²) < 4.78 is 0. The summed E-state index contributed by atoms with van der Waals surface area (Å²) in [5.41, 5.74) is 1.11. The highest BCUT2D eigenvalue weighted by Gasteiger charge is 1.96. The lowest BCUT2D eigenvalue weighted by molar-refractivity contribution is -0.121. The van der Waals surface area contributed by atoms with Gasteiger partial charge in [0.25, 0.3) is 0 Å². The van der Waals surface area contributed by atoms with Crippen molar-refractivity contribution in [3.05, 3.63) is 12.2 Å². The molecule has 0 saturated carbocycles. The molecule has 11 heavy (non-hydrogen) atoms. The quantitative estimate of drug-likeness (QED) is 0.603. The van der Waals surface area contributed by atoms with Crippen LogP contribution in [0.5, 0.6) is 0 Å². The van der Waals surface area contributed by atoms with Crippen LogP contribution in [0.4, 0.5) is 0 Å². The number of hydrogen-bond donors (Lipinski definition) is 1. The first kappa shape index (κ1) is 10.2. The largest absolute Gasteiger partial charge is 0.356 e. The summed E-state index contributed by atoms with van der Waals surface area (Å²) in [6, 6.07) is 0. The van der Waals surface area contributed by atoms with Crippen molar-refractivity contribution in [2.75, 3.05) is 6.54 Å². The van der Waals surface area contributed by atoms with E-state index in [1.165, 1.54) is 0 Å². The number of rotatable bonds is 5. The van der Waals surface area contributed by atoms with Gasteiger partial charge >= 0.3 is 0 Å². The number of nitrogens with one attached hydrogen (secondary N) is 1. The van der Waals surface area contributed by atoms with E-state index >= 15 is 0 Å². The molecule has 2 heteroatoms. The molecular formula is C9H17NO. The van der Waals surface area contributed by atoms with Crippen molar-refractivity contribution in [1.29, 1.82) is 0 Å². The fraction of sp³-hybridized carbons (Fsp3) is 0.667. The van der Waals surface area contributed by atoms with E-state index < -0.39 is 0 Å². The molecule has 0 saturated heterocycles. The standard InChI is InChI=1S/C9H17NO/c1-4-5-9(11)10-7-6-8(2)3/h2,4-7H2,1,3H3,(H,10,11). The smallest absolute Gasteiger partial charge is 0.219 e. The molecule has 0 heterocycles. The van der Waals surface area contributed by atoms with Gasteiger partial charge in [0.2, 0.25) is 5.91 Å². The number of hydrogen-bond acceptors (Lipinski definition) is 1. The van der Waals surface area contributed by atoms with Crippen LogP contribution in [0.2, 0.25) is 0 Å². The maximum atomic E-state index is 10.9. The van der Waals surface area contributed by atoms with E-state index in [0.29, 0.717) is 6.42 Å². The first-order valence-corrected chi connectivity index (χ1v) is 4.08. The van der Waals surface area contributed by atoms with Crippen LogP contribution < -0.4 is 5.32 Å². The van der Waals surface area contributed by atoms with E-state index in [1.807, 2.05) is 13.8 Å². The van der Waals surface area contributed by atoms with Gasteiger partial charge in [-0.15, -0.1) is 6.58 Å². The molecule has 0 fully saturated rings. The average Bonchev–Trinajstić information content (AvgIpc) is 1.87. The van der Waals surface area contributed by atoms with Crippen LogP contribution >= 0.6 is 0 Å². The van der Waals surface area contributed by atoms with Crippen molar-refractivity contribution in [2.45, 2.75) is 33.1 Å².